The maximum atomic E-state index is 12.3. The molecule has 0 spiro atoms. The molecule has 0 saturated carbocycles. The molecule has 2 amide bonds. The fourth-order valence-electron chi connectivity index (χ4n) is 3.19. The van der Waals surface area contributed by atoms with Crippen LogP contribution >= 0.6 is 0 Å². The van der Waals surface area contributed by atoms with Crippen molar-refractivity contribution in [3.05, 3.63) is 54.1 Å². The van der Waals surface area contributed by atoms with Gasteiger partial charge in [-0.1, -0.05) is 12.1 Å². The molecular formula is C21H25N3O3. The van der Waals surface area contributed by atoms with Gasteiger partial charge in [0.1, 0.15) is 5.75 Å². The molecule has 0 atom stereocenters. The zero-order valence-electron chi connectivity index (χ0n) is 15.8. The van der Waals surface area contributed by atoms with Gasteiger partial charge in [-0.15, -0.1) is 0 Å². The van der Waals surface area contributed by atoms with Gasteiger partial charge in [0.2, 0.25) is 11.8 Å². The standard InChI is InChI=1S/C21H25N3O3/c1-23(14-16-5-11-19(27-2)12-6-16)15-20(25)22-17-7-9-18(10-8-17)24-13-3-4-21(24)26/h5-12H,3-4,13-15H2,1-2H3,(H,22,25). The maximum absolute atomic E-state index is 12.3. The van der Waals surface area contributed by atoms with Crippen molar-refractivity contribution >= 4 is 23.2 Å². The van der Waals surface area contributed by atoms with Gasteiger partial charge < -0.3 is 15.0 Å². The Bertz CT molecular complexity index is 787. The van der Waals surface area contributed by atoms with E-state index in [9.17, 15) is 9.59 Å². The number of carbonyl (C=O) groups is 2. The minimum atomic E-state index is -0.0731. The highest BCUT2D eigenvalue weighted by Gasteiger charge is 2.21. The lowest BCUT2D eigenvalue weighted by Gasteiger charge is -2.18. The molecule has 1 fully saturated rings. The fraction of sp³-hybridized carbons (Fsp3) is 0.333. The van der Waals surface area contributed by atoms with Crippen molar-refractivity contribution in [2.75, 3.05) is 37.5 Å². The molecule has 2 aromatic rings. The third-order valence-corrected chi connectivity index (χ3v) is 4.56. The number of hydrogen-bond donors (Lipinski definition) is 1. The van der Waals surface area contributed by atoms with Crippen LogP contribution in [0.1, 0.15) is 18.4 Å². The predicted octanol–water partition coefficient (Wildman–Crippen LogP) is 2.89. The van der Waals surface area contributed by atoms with Crippen molar-refractivity contribution in [3.63, 3.8) is 0 Å². The van der Waals surface area contributed by atoms with Gasteiger partial charge in [0.05, 0.1) is 13.7 Å². The van der Waals surface area contributed by atoms with E-state index in [2.05, 4.69) is 5.32 Å². The summed E-state index contributed by atoms with van der Waals surface area (Å²) in [5.74, 6) is 0.904. The molecule has 0 bridgehead atoms. The smallest absolute Gasteiger partial charge is 0.238 e. The first-order chi connectivity index (χ1) is 13.0. The van der Waals surface area contributed by atoms with Crippen LogP contribution in [0.25, 0.3) is 0 Å². The van der Waals surface area contributed by atoms with Gasteiger partial charge in [-0.3, -0.25) is 14.5 Å². The largest absolute Gasteiger partial charge is 0.497 e. The Kier molecular flexibility index (Phi) is 6.08. The van der Waals surface area contributed by atoms with Crippen molar-refractivity contribution in [1.29, 1.82) is 0 Å². The molecule has 6 nitrogen and oxygen atoms in total. The van der Waals surface area contributed by atoms with Crippen LogP contribution in [0.5, 0.6) is 5.75 Å². The molecule has 1 aliphatic heterocycles. The second-order valence-electron chi connectivity index (χ2n) is 6.76. The van der Waals surface area contributed by atoms with Gasteiger partial charge in [-0.2, -0.15) is 0 Å². The molecule has 0 radical (unpaired) electrons. The summed E-state index contributed by atoms with van der Waals surface area (Å²) in [5, 5.41) is 2.90. The van der Waals surface area contributed by atoms with Gasteiger partial charge in [-0.05, 0) is 55.4 Å². The molecule has 0 unspecified atom stereocenters. The molecule has 2 aromatic carbocycles. The second kappa shape index (κ2) is 8.68. The lowest BCUT2D eigenvalue weighted by molar-refractivity contribution is -0.117. The lowest BCUT2D eigenvalue weighted by atomic mass is 10.2. The number of rotatable bonds is 7. The first-order valence-corrected chi connectivity index (χ1v) is 9.07. The minimum Gasteiger partial charge on any atom is -0.497 e. The Morgan fingerprint density at radius 3 is 2.44 bits per heavy atom. The number of carbonyl (C=O) groups excluding carboxylic acids is 2. The topological polar surface area (TPSA) is 61.9 Å². The van der Waals surface area contributed by atoms with E-state index in [1.807, 2.05) is 60.5 Å². The Labute approximate surface area is 159 Å². The fourth-order valence-corrected chi connectivity index (χ4v) is 3.19. The number of benzene rings is 2. The summed E-state index contributed by atoms with van der Waals surface area (Å²) in [6.07, 6.45) is 1.51. The monoisotopic (exact) mass is 367 g/mol. The van der Waals surface area contributed by atoms with E-state index in [4.69, 9.17) is 4.74 Å². The van der Waals surface area contributed by atoms with Crippen LogP contribution in [0.15, 0.2) is 48.5 Å². The van der Waals surface area contributed by atoms with Crippen LogP contribution < -0.4 is 15.0 Å². The predicted molar refractivity (Wildman–Crippen MR) is 106 cm³/mol. The van der Waals surface area contributed by atoms with E-state index >= 15 is 0 Å². The average Bonchev–Trinajstić information content (AvgIpc) is 3.08. The van der Waals surface area contributed by atoms with Crippen LogP contribution in [-0.4, -0.2) is 44.0 Å². The highest BCUT2D eigenvalue weighted by Crippen LogP contribution is 2.23. The maximum Gasteiger partial charge on any atom is 0.238 e. The Morgan fingerprint density at radius 2 is 1.85 bits per heavy atom. The van der Waals surface area contributed by atoms with Crippen molar-refractivity contribution in [2.45, 2.75) is 19.4 Å². The number of nitrogens with one attached hydrogen (secondary N) is 1. The van der Waals surface area contributed by atoms with E-state index in [0.717, 1.165) is 35.7 Å². The molecule has 0 aromatic heterocycles. The van der Waals surface area contributed by atoms with E-state index in [1.165, 1.54) is 0 Å². The van der Waals surface area contributed by atoms with Gasteiger partial charge in [0.15, 0.2) is 0 Å². The Balaban J connectivity index is 1.50. The number of methoxy groups -OCH3 is 1. The van der Waals surface area contributed by atoms with Crippen LogP contribution in [0.2, 0.25) is 0 Å². The first-order valence-electron chi connectivity index (χ1n) is 9.07. The summed E-state index contributed by atoms with van der Waals surface area (Å²) in [6.45, 7) is 1.73. The van der Waals surface area contributed by atoms with Crippen LogP contribution in [0, 0.1) is 0 Å². The van der Waals surface area contributed by atoms with Gasteiger partial charge >= 0.3 is 0 Å². The van der Waals surface area contributed by atoms with Crippen molar-refractivity contribution in [2.24, 2.45) is 0 Å². The number of hydrogen-bond acceptors (Lipinski definition) is 4. The van der Waals surface area contributed by atoms with Gasteiger partial charge in [0.25, 0.3) is 0 Å². The van der Waals surface area contributed by atoms with E-state index in [1.54, 1.807) is 12.0 Å². The third-order valence-electron chi connectivity index (χ3n) is 4.56. The summed E-state index contributed by atoms with van der Waals surface area (Å²) < 4.78 is 5.15. The normalized spacial score (nSPS) is 13.9. The molecule has 1 aliphatic rings. The molecule has 0 aliphatic carbocycles. The van der Waals surface area contributed by atoms with E-state index in [-0.39, 0.29) is 11.8 Å². The molecular weight excluding hydrogens is 342 g/mol. The number of anilines is 2. The molecule has 3 rings (SSSR count). The highest BCUT2D eigenvalue weighted by molar-refractivity contribution is 5.96. The number of amides is 2. The molecule has 27 heavy (non-hydrogen) atoms. The van der Waals surface area contributed by atoms with Gasteiger partial charge in [0, 0.05) is 30.9 Å². The summed E-state index contributed by atoms with van der Waals surface area (Å²) in [7, 11) is 3.55. The summed E-state index contributed by atoms with van der Waals surface area (Å²) >= 11 is 0. The zero-order chi connectivity index (χ0) is 19.2. The lowest BCUT2D eigenvalue weighted by Crippen LogP contribution is -2.29. The van der Waals surface area contributed by atoms with Crippen LogP contribution in [0.3, 0.4) is 0 Å². The summed E-state index contributed by atoms with van der Waals surface area (Å²) in [6, 6.07) is 15.2. The van der Waals surface area contributed by atoms with Crippen LogP contribution in [0.4, 0.5) is 11.4 Å². The Hall–Kier alpha value is -2.86. The summed E-state index contributed by atoms with van der Waals surface area (Å²) in [4.78, 5) is 27.8. The van der Waals surface area contributed by atoms with E-state index in [0.29, 0.717) is 19.5 Å². The van der Waals surface area contributed by atoms with Crippen LogP contribution in [-0.2, 0) is 16.1 Å². The molecule has 1 N–H and O–H groups in total. The van der Waals surface area contributed by atoms with Gasteiger partial charge in [-0.25, -0.2) is 0 Å². The Morgan fingerprint density at radius 1 is 1.15 bits per heavy atom. The first kappa shape index (κ1) is 18.9. The van der Waals surface area contributed by atoms with Crippen molar-refractivity contribution < 1.29 is 14.3 Å². The average molecular weight is 367 g/mol. The quantitative estimate of drug-likeness (QED) is 0.817. The van der Waals surface area contributed by atoms with Crippen molar-refractivity contribution in [3.8, 4) is 5.75 Å². The van der Waals surface area contributed by atoms with Crippen molar-refractivity contribution in [1.82, 2.24) is 4.90 Å². The summed E-state index contributed by atoms with van der Waals surface area (Å²) in [5.41, 5.74) is 2.73. The number of nitrogens with zero attached hydrogens (tertiary/aromatic N) is 2. The molecule has 142 valence electrons. The third kappa shape index (κ3) is 5.08. The second-order valence-corrected chi connectivity index (χ2v) is 6.76. The zero-order valence-corrected chi connectivity index (χ0v) is 15.8. The molecule has 1 saturated heterocycles. The molecule has 1 heterocycles. The number of likely N-dealkylation sites (N-methyl/N-ethyl adjacent to an activating group) is 1. The SMILES string of the molecule is COc1ccc(CN(C)CC(=O)Nc2ccc(N3CCCC3=O)cc2)cc1. The number of ether oxygens (including phenoxy) is 1. The highest BCUT2D eigenvalue weighted by atomic mass is 16.5. The minimum absolute atomic E-state index is 0.0731. The molecule has 6 heteroatoms. The van der Waals surface area contributed by atoms with E-state index < -0.39 is 0 Å².